The van der Waals surface area contributed by atoms with Gasteiger partial charge in [0.1, 0.15) is 0 Å². The number of amides is 1. The van der Waals surface area contributed by atoms with Crippen molar-refractivity contribution < 1.29 is 4.79 Å². The second-order valence-electron chi connectivity index (χ2n) is 5.79. The molecule has 1 aliphatic rings. The van der Waals surface area contributed by atoms with Crippen molar-refractivity contribution in [2.45, 2.75) is 13.3 Å². The number of benzene rings is 1. The van der Waals surface area contributed by atoms with Gasteiger partial charge in [-0.1, -0.05) is 19.1 Å². The number of nitrogens with one attached hydrogen (secondary N) is 2. The van der Waals surface area contributed by atoms with Gasteiger partial charge < -0.3 is 15.1 Å². The van der Waals surface area contributed by atoms with E-state index >= 15 is 0 Å². The van der Waals surface area contributed by atoms with Gasteiger partial charge in [-0.05, 0) is 31.2 Å². The molecule has 0 aliphatic carbocycles. The molecule has 23 heavy (non-hydrogen) atoms. The van der Waals surface area contributed by atoms with E-state index in [-0.39, 0.29) is 5.91 Å². The maximum atomic E-state index is 12.6. The van der Waals surface area contributed by atoms with Crippen molar-refractivity contribution in [2.75, 3.05) is 38.5 Å². The Bertz CT molecular complexity index is 657. The fourth-order valence-electron chi connectivity index (χ4n) is 2.59. The molecule has 1 amide bonds. The molecule has 0 atom stereocenters. The van der Waals surface area contributed by atoms with E-state index in [1.807, 2.05) is 17.0 Å². The molecule has 7 heteroatoms. The van der Waals surface area contributed by atoms with Gasteiger partial charge in [-0.15, -0.1) is 10.2 Å². The Morgan fingerprint density at radius 2 is 1.87 bits per heavy atom. The van der Waals surface area contributed by atoms with E-state index in [2.05, 4.69) is 51.7 Å². The number of likely N-dealkylation sites (N-methyl/N-ethyl adjacent to an activating group) is 1. The lowest BCUT2D eigenvalue weighted by Crippen LogP contribution is -2.47. The summed E-state index contributed by atoms with van der Waals surface area (Å²) in [7, 11) is 2.06. The minimum Gasteiger partial charge on any atom is -0.337 e. The molecule has 0 radical (unpaired) electrons. The first-order chi connectivity index (χ1) is 11.2. The number of anilines is 2. The van der Waals surface area contributed by atoms with Gasteiger partial charge in [-0.3, -0.25) is 4.79 Å². The van der Waals surface area contributed by atoms with Crippen molar-refractivity contribution in [3.63, 3.8) is 0 Å². The van der Waals surface area contributed by atoms with Crippen LogP contribution in [-0.2, 0) is 6.42 Å². The Kier molecular flexibility index (Phi) is 4.57. The van der Waals surface area contributed by atoms with Crippen LogP contribution < -0.4 is 5.32 Å². The molecule has 2 heterocycles. The summed E-state index contributed by atoms with van der Waals surface area (Å²) in [6.45, 7) is 5.31. The topological polar surface area (TPSA) is 77.1 Å². The van der Waals surface area contributed by atoms with Gasteiger partial charge >= 0.3 is 0 Å². The van der Waals surface area contributed by atoms with Gasteiger partial charge in [0.15, 0.2) is 11.5 Å². The van der Waals surface area contributed by atoms with Crippen molar-refractivity contribution in [1.29, 1.82) is 0 Å². The van der Waals surface area contributed by atoms with Crippen LogP contribution in [0.3, 0.4) is 0 Å². The Hall–Kier alpha value is -2.41. The number of aryl methyl sites for hydroxylation is 1. The highest BCUT2D eigenvalue weighted by atomic mass is 16.2. The average molecular weight is 314 g/mol. The largest absolute Gasteiger partial charge is 0.337 e. The number of hydrogen-bond donors (Lipinski definition) is 2. The summed E-state index contributed by atoms with van der Waals surface area (Å²) in [5, 5.41) is 13.8. The lowest BCUT2D eigenvalue weighted by atomic mass is 10.1. The third-order valence-corrected chi connectivity index (χ3v) is 4.17. The van der Waals surface area contributed by atoms with Crippen LogP contribution in [0.5, 0.6) is 0 Å². The third kappa shape index (κ3) is 3.50. The summed E-state index contributed by atoms with van der Waals surface area (Å²) in [6, 6.07) is 8.09. The molecule has 0 bridgehead atoms. The summed E-state index contributed by atoms with van der Waals surface area (Å²) in [6.07, 6.45) is 0.997. The predicted octanol–water partition coefficient (Wildman–Crippen LogP) is 1.50. The Balaban J connectivity index is 1.72. The van der Waals surface area contributed by atoms with Gasteiger partial charge in [0.25, 0.3) is 5.91 Å². The first-order valence-corrected chi connectivity index (χ1v) is 7.92. The summed E-state index contributed by atoms with van der Waals surface area (Å²) in [5.74, 6) is 0.387. The molecule has 1 aromatic carbocycles. The number of nitrogens with zero attached hydrogens (tertiary/aromatic N) is 4. The first kappa shape index (κ1) is 15.5. The Labute approximate surface area is 135 Å². The van der Waals surface area contributed by atoms with Crippen LogP contribution in [0.1, 0.15) is 23.0 Å². The highest BCUT2D eigenvalue weighted by molar-refractivity contribution is 5.97. The van der Waals surface area contributed by atoms with E-state index in [1.54, 1.807) is 0 Å². The van der Waals surface area contributed by atoms with Crippen molar-refractivity contribution in [3.8, 4) is 0 Å². The molecule has 2 N–H and O–H groups in total. The second kappa shape index (κ2) is 6.78. The summed E-state index contributed by atoms with van der Waals surface area (Å²) in [4.78, 5) is 16.7. The minimum absolute atomic E-state index is 0.0838. The van der Waals surface area contributed by atoms with E-state index < -0.39 is 0 Å². The molecule has 1 fully saturated rings. The Morgan fingerprint density at radius 1 is 1.17 bits per heavy atom. The van der Waals surface area contributed by atoms with Crippen molar-refractivity contribution in [3.05, 3.63) is 35.5 Å². The normalized spacial score (nSPS) is 15.7. The quantitative estimate of drug-likeness (QED) is 0.894. The van der Waals surface area contributed by atoms with Gasteiger partial charge in [-0.2, -0.15) is 5.21 Å². The molecule has 122 valence electrons. The maximum absolute atomic E-state index is 12.6. The number of H-pyrrole nitrogens is 1. The molecular formula is C16H22N6O. The van der Waals surface area contributed by atoms with Crippen LogP contribution in [0, 0.1) is 0 Å². The van der Waals surface area contributed by atoms with E-state index in [4.69, 9.17) is 0 Å². The van der Waals surface area contributed by atoms with Crippen LogP contribution >= 0.6 is 0 Å². The third-order valence-electron chi connectivity index (χ3n) is 4.17. The van der Waals surface area contributed by atoms with E-state index in [1.165, 1.54) is 5.56 Å². The van der Waals surface area contributed by atoms with Gasteiger partial charge in [0, 0.05) is 31.9 Å². The average Bonchev–Trinajstić information content (AvgIpc) is 3.04. The van der Waals surface area contributed by atoms with Crippen LogP contribution in [0.25, 0.3) is 0 Å². The standard InChI is InChI=1S/C16H22N6O/c1-3-12-4-6-13(7-5-12)17-15-14(18-20-19-15)16(23)22-10-8-21(2)9-11-22/h4-7H,3,8-11H2,1-2H3,(H2,17,18,19,20). The van der Waals surface area contributed by atoms with Crippen LogP contribution in [0.2, 0.25) is 0 Å². The van der Waals surface area contributed by atoms with E-state index in [0.717, 1.165) is 25.2 Å². The SMILES string of the molecule is CCc1ccc(Nc2n[nH]nc2C(=O)N2CCN(C)CC2)cc1. The molecule has 3 rings (SSSR count). The fourth-order valence-corrected chi connectivity index (χ4v) is 2.59. The molecular weight excluding hydrogens is 292 g/mol. The van der Waals surface area contributed by atoms with Crippen LogP contribution in [0.15, 0.2) is 24.3 Å². The lowest BCUT2D eigenvalue weighted by Gasteiger charge is -2.31. The minimum atomic E-state index is -0.0838. The van der Waals surface area contributed by atoms with Crippen molar-refractivity contribution in [1.82, 2.24) is 25.2 Å². The fraction of sp³-hybridized carbons (Fsp3) is 0.438. The number of carbonyl (C=O) groups excluding carboxylic acids is 1. The summed E-state index contributed by atoms with van der Waals surface area (Å²) < 4.78 is 0. The zero-order valence-corrected chi connectivity index (χ0v) is 13.5. The predicted molar refractivity (Wildman–Crippen MR) is 88.9 cm³/mol. The molecule has 0 unspecified atom stereocenters. The number of hydrogen-bond acceptors (Lipinski definition) is 5. The number of carbonyl (C=O) groups is 1. The highest BCUT2D eigenvalue weighted by Gasteiger charge is 2.25. The van der Waals surface area contributed by atoms with Crippen LogP contribution in [0.4, 0.5) is 11.5 Å². The van der Waals surface area contributed by atoms with Crippen molar-refractivity contribution >= 4 is 17.4 Å². The van der Waals surface area contributed by atoms with Crippen molar-refractivity contribution in [2.24, 2.45) is 0 Å². The molecule has 0 saturated carbocycles. The second-order valence-corrected chi connectivity index (χ2v) is 5.79. The number of aromatic nitrogens is 3. The molecule has 0 spiro atoms. The highest BCUT2D eigenvalue weighted by Crippen LogP contribution is 2.19. The van der Waals surface area contributed by atoms with Gasteiger partial charge in [0.2, 0.25) is 0 Å². The van der Waals surface area contributed by atoms with Crippen LogP contribution in [-0.4, -0.2) is 64.3 Å². The summed E-state index contributed by atoms with van der Waals surface area (Å²) >= 11 is 0. The zero-order chi connectivity index (χ0) is 16.2. The van der Waals surface area contributed by atoms with Gasteiger partial charge in [0.05, 0.1) is 0 Å². The molecule has 1 aliphatic heterocycles. The monoisotopic (exact) mass is 314 g/mol. The first-order valence-electron chi connectivity index (χ1n) is 7.92. The maximum Gasteiger partial charge on any atom is 0.278 e. The lowest BCUT2D eigenvalue weighted by molar-refractivity contribution is 0.0659. The Morgan fingerprint density at radius 3 is 2.52 bits per heavy atom. The number of aromatic amines is 1. The van der Waals surface area contributed by atoms with Gasteiger partial charge in [-0.25, -0.2) is 0 Å². The molecule has 7 nitrogen and oxygen atoms in total. The number of rotatable bonds is 4. The zero-order valence-electron chi connectivity index (χ0n) is 13.5. The molecule has 2 aromatic rings. The van der Waals surface area contributed by atoms with E-state index in [9.17, 15) is 4.79 Å². The summed E-state index contributed by atoms with van der Waals surface area (Å²) in [5.41, 5.74) is 2.50. The molecule has 1 aromatic heterocycles. The molecule has 1 saturated heterocycles. The smallest absolute Gasteiger partial charge is 0.278 e. The van der Waals surface area contributed by atoms with E-state index in [0.29, 0.717) is 24.6 Å². The number of piperazine rings is 1.